The van der Waals surface area contributed by atoms with Gasteiger partial charge in [-0.1, -0.05) is 24.3 Å². The SMILES string of the molecule is NC1CC(c2ccc3c(c2)OCO3)Oc2ccccc21. The fourth-order valence-corrected chi connectivity index (χ4v) is 2.77. The molecule has 20 heavy (non-hydrogen) atoms. The molecule has 2 aliphatic heterocycles. The van der Waals surface area contributed by atoms with Crippen LogP contribution in [-0.4, -0.2) is 6.79 Å². The fraction of sp³-hybridized carbons (Fsp3) is 0.250. The highest BCUT2D eigenvalue weighted by Crippen LogP contribution is 2.42. The second kappa shape index (κ2) is 4.42. The molecule has 0 fully saturated rings. The van der Waals surface area contributed by atoms with E-state index in [1.165, 1.54) is 0 Å². The fourth-order valence-electron chi connectivity index (χ4n) is 2.77. The molecule has 2 aromatic carbocycles. The molecule has 2 atom stereocenters. The standard InChI is InChI=1S/C16H15NO3/c17-12-8-15(20-13-4-2-1-3-11(12)13)10-5-6-14-16(7-10)19-9-18-14/h1-7,12,15H,8-9,17H2. The Labute approximate surface area is 117 Å². The Hall–Kier alpha value is -2.20. The number of nitrogens with two attached hydrogens (primary N) is 1. The summed E-state index contributed by atoms with van der Waals surface area (Å²) in [6.45, 7) is 0.284. The molecule has 0 amide bonds. The molecule has 2 aliphatic rings. The van der Waals surface area contributed by atoms with E-state index in [0.717, 1.165) is 34.8 Å². The highest BCUT2D eigenvalue weighted by molar-refractivity contribution is 5.46. The van der Waals surface area contributed by atoms with Gasteiger partial charge in [-0.05, 0) is 23.8 Å². The van der Waals surface area contributed by atoms with Gasteiger partial charge in [0.25, 0.3) is 0 Å². The van der Waals surface area contributed by atoms with Gasteiger partial charge >= 0.3 is 0 Å². The third-order valence-corrected chi connectivity index (χ3v) is 3.82. The minimum absolute atomic E-state index is 0.00428. The maximum atomic E-state index is 6.25. The van der Waals surface area contributed by atoms with Crippen LogP contribution in [0.1, 0.15) is 29.7 Å². The molecule has 4 nitrogen and oxygen atoms in total. The van der Waals surface area contributed by atoms with Crippen molar-refractivity contribution in [2.24, 2.45) is 5.73 Å². The number of hydrogen-bond acceptors (Lipinski definition) is 4. The van der Waals surface area contributed by atoms with Crippen LogP contribution in [0.4, 0.5) is 0 Å². The monoisotopic (exact) mass is 269 g/mol. The zero-order valence-corrected chi connectivity index (χ0v) is 10.9. The maximum Gasteiger partial charge on any atom is 0.231 e. The van der Waals surface area contributed by atoms with E-state index in [0.29, 0.717) is 0 Å². The average Bonchev–Trinajstić information content (AvgIpc) is 2.94. The topological polar surface area (TPSA) is 53.7 Å². The Morgan fingerprint density at radius 1 is 0.950 bits per heavy atom. The summed E-state index contributed by atoms with van der Waals surface area (Å²) in [5, 5.41) is 0. The van der Waals surface area contributed by atoms with Gasteiger partial charge in [-0.25, -0.2) is 0 Å². The van der Waals surface area contributed by atoms with Crippen molar-refractivity contribution >= 4 is 0 Å². The summed E-state index contributed by atoms with van der Waals surface area (Å²) in [6, 6.07) is 13.9. The minimum Gasteiger partial charge on any atom is -0.485 e. The van der Waals surface area contributed by atoms with Gasteiger partial charge in [0.1, 0.15) is 11.9 Å². The van der Waals surface area contributed by atoms with Crippen LogP contribution in [0.2, 0.25) is 0 Å². The van der Waals surface area contributed by atoms with Crippen molar-refractivity contribution < 1.29 is 14.2 Å². The van der Waals surface area contributed by atoms with Gasteiger partial charge in [0.2, 0.25) is 6.79 Å². The molecule has 0 saturated carbocycles. The van der Waals surface area contributed by atoms with Crippen molar-refractivity contribution in [2.75, 3.05) is 6.79 Å². The van der Waals surface area contributed by atoms with Crippen LogP contribution in [0.25, 0.3) is 0 Å². The molecule has 0 aromatic heterocycles. The Kier molecular flexibility index (Phi) is 2.57. The number of ether oxygens (including phenoxy) is 3. The molecule has 0 bridgehead atoms. The predicted molar refractivity (Wildman–Crippen MR) is 73.9 cm³/mol. The van der Waals surface area contributed by atoms with Crippen molar-refractivity contribution in [3.63, 3.8) is 0 Å². The molecule has 102 valence electrons. The van der Waals surface area contributed by atoms with Gasteiger partial charge in [0, 0.05) is 18.0 Å². The van der Waals surface area contributed by atoms with Crippen molar-refractivity contribution in [1.29, 1.82) is 0 Å². The second-order valence-electron chi connectivity index (χ2n) is 5.10. The Morgan fingerprint density at radius 3 is 2.75 bits per heavy atom. The smallest absolute Gasteiger partial charge is 0.231 e. The van der Waals surface area contributed by atoms with Gasteiger partial charge in [-0.15, -0.1) is 0 Å². The van der Waals surface area contributed by atoms with Crippen LogP contribution >= 0.6 is 0 Å². The van der Waals surface area contributed by atoms with Crippen molar-refractivity contribution in [3.8, 4) is 17.2 Å². The van der Waals surface area contributed by atoms with E-state index in [4.69, 9.17) is 19.9 Å². The van der Waals surface area contributed by atoms with Crippen LogP contribution in [0.3, 0.4) is 0 Å². The van der Waals surface area contributed by atoms with Gasteiger partial charge < -0.3 is 19.9 Å². The molecule has 2 aromatic rings. The number of para-hydroxylation sites is 1. The summed E-state index contributed by atoms with van der Waals surface area (Å²) in [6.07, 6.45) is 0.714. The van der Waals surface area contributed by atoms with Crippen LogP contribution in [0.5, 0.6) is 17.2 Å². The van der Waals surface area contributed by atoms with E-state index >= 15 is 0 Å². The van der Waals surface area contributed by atoms with E-state index in [2.05, 4.69) is 0 Å². The summed E-state index contributed by atoms with van der Waals surface area (Å²) in [5.41, 5.74) is 8.39. The maximum absolute atomic E-state index is 6.25. The van der Waals surface area contributed by atoms with E-state index in [-0.39, 0.29) is 18.9 Å². The third-order valence-electron chi connectivity index (χ3n) is 3.82. The summed E-state index contributed by atoms with van der Waals surface area (Å²) in [7, 11) is 0. The summed E-state index contributed by atoms with van der Waals surface area (Å²) < 4.78 is 16.8. The van der Waals surface area contributed by atoms with E-state index in [1.807, 2.05) is 42.5 Å². The second-order valence-corrected chi connectivity index (χ2v) is 5.10. The molecule has 2 heterocycles. The zero-order chi connectivity index (χ0) is 13.5. The highest BCUT2D eigenvalue weighted by atomic mass is 16.7. The molecule has 4 rings (SSSR count). The van der Waals surface area contributed by atoms with Crippen LogP contribution < -0.4 is 19.9 Å². The zero-order valence-electron chi connectivity index (χ0n) is 10.9. The number of benzene rings is 2. The summed E-state index contributed by atoms with van der Waals surface area (Å²) in [5.74, 6) is 2.43. The first-order valence-electron chi connectivity index (χ1n) is 6.72. The molecular weight excluding hydrogens is 254 g/mol. The molecule has 0 radical (unpaired) electrons. The van der Waals surface area contributed by atoms with E-state index < -0.39 is 0 Å². The molecule has 0 aliphatic carbocycles. The lowest BCUT2D eigenvalue weighted by atomic mass is 9.93. The van der Waals surface area contributed by atoms with Crippen molar-refractivity contribution in [1.82, 2.24) is 0 Å². The van der Waals surface area contributed by atoms with Gasteiger partial charge in [0.15, 0.2) is 11.5 Å². The third kappa shape index (κ3) is 1.80. The van der Waals surface area contributed by atoms with Gasteiger partial charge in [-0.3, -0.25) is 0 Å². The highest BCUT2D eigenvalue weighted by Gasteiger charge is 2.28. The van der Waals surface area contributed by atoms with Crippen LogP contribution in [0.15, 0.2) is 42.5 Å². The lowest BCUT2D eigenvalue weighted by Crippen LogP contribution is -2.24. The molecule has 0 saturated heterocycles. The Balaban J connectivity index is 1.68. The molecule has 4 heteroatoms. The average molecular weight is 269 g/mol. The molecule has 0 spiro atoms. The Bertz CT molecular complexity index is 656. The predicted octanol–water partition coefficient (Wildman–Crippen LogP) is 2.94. The van der Waals surface area contributed by atoms with Gasteiger partial charge in [0.05, 0.1) is 0 Å². The van der Waals surface area contributed by atoms with E-state index in [1.54, 1.807) is 0 Å². The largest absolute Gasteiger partial charge is 0.485 e. The lowest BCUT2D eigenvalue weighted by Gasteiger charge is -2.30. The first-order valence-corrected chi connectivity index (χ1v) is 6.72. The summed E-state index contributed by atoms with van der Waals surface area (Å²) >= 11 is 0. The van der Waals surface area contributed by atoms with Crippen LogP contribution in [0, 0.1) is 0 Å². The van der Waals surface area contributed by atoms with Crippen LogP contribution in [-0.2, 0) is 0 Å². The Morgan fingerprint density at radius 2 is 1.80 bits per heavy atom. The first-order chi connectivity index (χ1) is 9.81. The molecular formula is C16H15NO3. The summed E-state index contributed by atoms with van der Waals surface area (Å²) in [4.78, 5) is 0. The molecule has 2 N–H and O–H groups in total. The first kappa shape index (κ1) is 11.6. The molecule has 2 unspecified atom stereocenters. The quantitative estimate of drug-likeness (QED) is 0.864. The number of rotatable bonds is 1. The number of hydrogen-bond donors (Lipinski definition) is 1. The normalized spacial score (nSPS) is 23.1. The minimum atomic E-state index is -0.0469. The lowest BCUT2D eigenvalue weighted by molar-refractivity contribution is 0.160. The van der Waals surface area contributed by atoms with Crippen molar-refractivity contribution in [3.05, 3.63) is 53.6 Å². The van der Waals surface area contributed by atoms with Crippen molar-refractivity contribution in [2.45, 2.75) is 18.6 Å². The number of fused-ring (bicyclic) bond motifs is 2. The van der Waals surface area contributed by atoms with E-state index in [9.17, 15) is 0 Å². The van der Waals surface area contributed by atoms with Gasteiger partial charge in [-0.2, -0.15) is 0 Å².